The third-order valence-corrected chi connectivity index (χ3v) is 13.4. The molecule has 0 bridgehead atoms. The van der Waals surface area contributed by atoms with Crippen molar-refractivity contribution >= 4 is 11.9 Å². The number of fused-ring (bicyclic) bond motifs is 2. The summed E-state index contributed by atoms with van der Waals surface area (Å²) in [4.78, 5) is 25.0. The first-order valence-electron chi connectivity index (χ1n) is 22.3. The molecule has 1 unspecified atom stereocenters. The van der Waals surface area contributed by atoms with Crippen molar-refractivity contribution in [2.24, 2.45) is 17.8 Å². The predicted octanol–water partition coefficient (Wildman–Crippen LogP) is -3.37. The van der Waals surface area contributed by atoms with Crippen molar-refractivity contribution in [1.82, 2.24) is 5.32 Å². The van der Waals surface area contributed by atoms with Crippen molar-refractivity contribution < 1.29 is 98.9 Å². The second-order valence-corrected chi connectivity index (χ2v) is 17.7. The van der Waals surface area contributed by atoms with Gasteiger partial charge in [0, 0.05) is 6.92 Å². The fourth-order valence-electron chi connectivity index (χ4n) is 9.94. The molecular formula is C43H67NO20. The minimum absolute atomic E-state index is 0.0124. The summed E-state index contributed by atoms with van der Waals surface area (Å²) >= 11 is 0. The van der Waals surface area contributed by atoms with Crippen molar-refractivity contribution in [3.8, 4) is 5.75 Å². The van der Waals surface area contributed by atoms with Crippen LogP contribution < -0.4 is 10.1 Å². The molecular weight excluding hydrogens is 850 g/mol. The van der Waals surface area contributed by atoms with Crippen molar-refractivity contribution in [3.63, 3.8) is 0 Å². The molecule has 0 aromatic heterocycles. The molecule has 364 valence electrons. The minimum Gasteiger partial charge on any atom is -0.482 e. The Kier molecular flexibility index (Phi) is 18.1. The maximum absolute atomic E-state index is 13.1. The number of hydrogen-bond donors (Lipinski definition) is 12. The van der Waals surface area contributed by atoms with Crippen LogP contribution >= 0.6 is 0 Å². The van der Waals surface area contributed by atoms with Crippen LogP contribution in [0, 0.1) is 17.8 Å². The third kappa shape index (κ3) is 11.5. The van der Waals surface area contributed by atoms with E-state index in [1.54, 1.807) is 12.1 Å². The molecule has 12 N–H and O–H groups in total. The van der Waals surface area contributed by atoms with Crippen molar-refractivity contribution in [2.45, 2.75) is 176 Å². The van der Waals surface area contributed by atoms with Crippen molar-refractivity contribution in [3.05, 3.63) is 29.3 Å². The lowest BCUT2D eigenvalue weighted by atomic mass is 9.73. The molecule has 3 aliphatic heterocycles. The fourth-order valence-corrected chi connectivity index (χ4v) is 9.94. The number of esters is 1. The topological polar surface area (TPSA) is 333 Å². The lowest BCUT2D eigenvalue weighted by molar-refractivity contribution is -0.315. The molecule has 21 heteroatoms. The number of carbonyl (C=O) groups excluding carboxylic acids is 2. The molecule has 0 radical (unpaired) electrons. The first kappa shape index (κ1) is 50.7. The van der Waals surface area contributed by atoms with Crippen LogP contribution in [0.3, 0.4) is 0 Å². The number of amides is 1. The van der Waals surface area contributed by atoms with E-state index in [1.807, 2.05) is 6.07 Å². The number of aliphatic hydroxyl groups is 11. The second-order valence-electron chi connectivity index (χ2n) is 17.7. The molecule has 6 rings (SSSR count). The van der Waals surface area contributed by atoms with Gasteiger partial charge in [-0.15, -0.1) is 0 Å². The molecule has 3 saturated heterocycles. The van der Waals surface area contributed by atoms with Crippen LogP contribution in [0.15, 0.2) is 18.2 Å². The van der Waals surface area contributed by atoms with Gasteiger partial charge in [0.1, 0.15) is 78.9 Å². The largest absolute Gasteiger partial charge is 0.482 e. The van der Waals surface area contributed by atoms with Crippen LogP contribution in [0.1, 0.15) is 69.9 Å². The van der Waals surface area contributed by atoms with E-state index in [1.165, 1.54) is 6.92 Å². The number of nitrogens with one attached hydrogen (secondary N) is 1. The highest BCUT2D eigenvalue weighted by molar-refractivity contribution is 5.74. The van der Waals surface area contributed by atoms with Crippen molar-refractivity contribution in [2.75, 3.05) is 26.4 Å². The SMILES string of the molecule is CCCCC[C@H](CC[C@H]1[C@@H]2Cc3cccc(OCC(=O)OC4O[C@H](CO)[C@@H](O)[C@H](O)[C@H]4NC(C)=O)c3C[C@@H]2C[C@@H]1O[C@@H]1O[C@H](CO)[C@H](O)[C@H](O)[C@H]1O)O[C@@H]1O[C@H](CO)[C@H](O)[C@H](O)[C@H]1O. The van der Waals surface area contributed by atoms with Gasteiger partial charge in [0.2, 0.25) is 12.2 Å². The summed E-state index contributed by atoms with van der Waals surface area (Å²) in [6.07, 6.45) is -16.2. The van der Waals surface area contributed by atoms with Gasteiger partial charge in [0.05, 0.1) is 32.0 Å². The summed E-state index contributed by atoms with van der Waals surface area (Å²) in [7, 11) is 0. The number of ether oxygens (including phenoxy) is 7. The van der Waals surface area contributed by atoms with Gasteiger partial charge < -0.3 is 94.6 Å². The van der Waals surface area contributed by atoms with Crippen LogP contribution in [0.25, 0.3) is 0 Å². The molecule has 20 atom stereocenters. The second kappa shape index (κ2) is 22.9. The highest BCUT2D eigenvalue weighted by Gasteiger charge is 2.52. The molecule has 1 amide bonds. The zero-order valence-corrected chi connectivity index (χ0v) is 36.1. The maximum Gasteiger partial charge on any atom is 0.346 e. The monoisotopic (exact) mass is 917 g/mol. The van der Waals surface area contributed by atoms with E-state index in [2.05, 4.69) is 12.2 Å². The van der Waals surface area contributed by atoms with Gasteiger partial charge in [-0.25, -0.2) is 4.79 Å². The summed E-state index contributed by atoms with van der Waals surface area (Å²) in [6, 6.07) is 4.10. The number of benzene rings is 1. The Hall–Kier alpha value is -2.68. The molecule has 1 aromatic rings. The van der Waals surface area contributed by atoms with Crippen molar-refractivity contribution in [1.29, 1.82) is 0 Å². The lowest BCUT2D eigenvalue weighted by Crippen LogP contribution is -2.64. The van der Waals surface area contributed by atoms with Gasteiger partial charge in [-0.2, -0.15) is 0 Å². The van der Waals surface area contributed by atoms with Gasteiger partial charge in [0.15, 0.2) is 19.2 Å². The summed E-state index contributed by atoms with van der Waals surface area (Å²) < 4.78 is 41.2. The third-order valence-electron chi connectivity index (χ3n) is 13.4. The van der Waals surface area contributed by atoms with Crippen LogP contribution in [0.4, 0.5) is 0 Å². The van der Waals surface area contributed by atoms with E-state index < -0.39 is 143 Å². The molecule has 5 aliphatic rings. The zero-order chi connectivity index (χ0) is 46.4. The highest BCUT2D eigenvalue weighted by atomic mass is 16.7. The molecule has 3 heterocycles. The minimum atomic E-state index is -1.66. The summed E-state index contributed by atoms with van der Waals surface area (Å²) in [5.74, 6) is -1.36. The van der Waals surface area contributed by atoms with Crippen LogP contribution in [-0.4, -0.2) is 199 Å². The van der Waals surface area contributed by atoms with E-state index in [0.29, 0.717) is 44.3 Å². The molecule has 21 nitrogen and oxygen atoms in total. The molecule has 2 aliphatic carbocycles. The van der Waals surface area contributed by atoms with Gasteiger partial charge in [0.25, 0.3) is 0 Å². The van der Waals surface area contributed by atoms with Crippen LogP contribution in [0.5, 0.6) is 5.75 Å². The molecule has 64 heavy (non-hydrogen) atoms. The first-order valence-corrected chi connectivity index (χ1v) is 22.3. The summed E-state index contributed by atoms with van der Waals surface area (Å²) in [5.41, 5.74) is 1.77. The molecule has 1 aromatic carbocycles. The normalized spacial score (nSPS) is 40.2. The van der Waals surface area contributed by atoms with Gasteiger partial charge in [-0.05, 0) is 73.5 Å². The predicted molar refractivity (Wildman–Crippen MR) is 217 cm³/mol. The number of aliphatic hydroxyl groups excluding tert-OH is 11. The molecule has 1 saturated carbocycles. The summed E-state index contributed by atoms with van der Waals surface area (Å²) in [5, 5.41) is 116. The Morgan fingerprint density at radius 1 is 0.750 bits per heavy atom. The molecule has 4 fully saturated rings. The number of carbonyl (C=O) groups is 2. The Balaban J connectivity index is 1.19. The van der Waals surface area contributed by atoms with E-state index >= 15 is 0 Å². The van der Waals surface area contributed by atoms with E-state index in [4.69, 9.17) is 33.2 Å². The lowest BCUT2D eigenvalue weighted by Gasteiger charge is -2.42. The highest BCUT2D eigenvalue weighted by Crippen LogP contribution is 2.50. The number of hydrogen-bond acceptors (Lipinski definition) is 20. The number of unbranched alkanes of at least 4 members (excludes halogenated alkanes) is 2. The average molecular weight is 918 g/mol. The average Bonchev–Trinajstić information content (AvgIpc) is 3.61. The van der Waals surface area contributed by atoms with Crippen LogP contribution in [0.2, 0.25) is 0 Å². The van der Waals surface area contributed by atoms with E-state index in [-0.39, 0.29) is 17.8 Å². The maximum atomic E-state index is 13.1. The van der Waals surface area contributed by atoms with E-state index in [9.17, 15) is 65.8 Å². The summed E-state index contributed by atoms with van der Waals surface area (Å²) in [6.45, 7) is 0.690. The Bertz CT molecular complexity index is 1650. The molecule has 0 spiro atoms. The van der Waals surface area contributed by atoms with Gasteiger partial charge in [-0.1, -0.05) is 38.3 Å². The zero-order valence-electron chi connectivity index (χ0n) is 36.1. The Morgan fingerprint density at radius 3 is 1.98 bits per heavy atom. The number of rotatable bonds is 19. The Morgan fingerprint density at radius 2 is 1.36 bits per heavy atom. The van der Waals surface area contributed by atoms with Gasteiger partial charge in [-0.3, -0.25) is 4.79 Å². The van der Waals surface area contributed by atoms with E-state index in [0.717, 1.165) is 30.4 Å². The van der Waals surface area contributed by atoms with Gasteiger partial charge >= 0.3 is 5.97 Å². The Labute approximate surface area is 370 Å². The first-order chi connectivity index (χ1) is 30.6. The fraction of sp³-hybridized carbons (Fsp3) is 0.814. The standard InChI is InChI=1S/C43H67NO20/c1-3-4-5-8-22(59-42-39(56)37(54)34(51)29(16-46)62-42)10-11-23-24-12-20-7-6-9-26(58-18-31(49)64-41-32(44-19(2)48)36(53)33(50)28(15-45)61-41)25(20)13-21(24)14-27(23)60-43-40(57)38(55)35(52)30(17-47)63-43/h6-7,9,21-24,27-30,32-43,45-47,50-57H,3-5,8,10-18H2,1-2H3,(H,44,48)/t21-,22-,23+,24-,27+,28-,29-,30-,32-,33-,34+,35+,36-,37+,38+,39-,40-,41?,42-,43-/m1/s1. The van der Waals surface area contributed by atoms with Crippen LogP contribution in [-0.2, 0) is 50.9 Å². The quantitative estimate of drug-likeness (QED) is 0.0476. The smallest absolute Gasteiger partial charge is 0.346 e.